The first-order chi connectivity index (χ1) is 9.56. The van der Waals surface area contributed by atoms with Gasteiger partial charge in [-0.2, -0.15) is 0 Å². The number of nitrogens with zero attached hydrogens (tertiary/aromatic N) is 1. The number of carbonyl (C=O) groups is 2. The number of benzene rings is 1. The van der Waals surface area contributed by atoms with Crippen molar-refractivity contribution in [3.05, 3.63) is 28.7 Å². The average molecular weight is 342 g/mol. The van der Waals surface area contributed by atoms with E-state index in [0.717, 1.165) is 24.1 Å². The van der Waals surface area contributed by atoms with Gasteiger partial charge < -0.3 is 15.5 Å². The molecule has 2 amide bonds. The van der Waals surface area contributed by atoms with Crippen LogP contribution in [0.2, 0.25) is 0 Å². The minimum Gasteiger partial charge on any atom is -0.347 e. The monoisotopic (exact) mass is 341 g/mol. The van der Waals surface area contributed by atoms with Gasteiger partial charge in [-0.3, -0.25) is 9.59 Å². The molecule has 0 spiro atoms. The van der Waals surface area contributed by atoms with E-state index in [-0.39, 0.29) is 0 Å². The van der Waals surface area contributed by atoms with Crippen LogP contribution in [0, 0.1) is 0 Å². The molecule has 6 heteroatoms. The van der Waals surface area contributed by atoms with Crippen LogP contribution in [0.25, 0.3) is 0 Å². The number of amides is 2. The van der Waals surface area contributed by atoms with Gasteiger partial charge in [0.05, 0.1) is 0 Å². The van der Waals surface area contributed by atoms with E-state index in [9.17, 15) is 9.59 Å². The Hall–Kier alpha value is -1.40. The third kappa shape index (κ3) is 5.71. The standard InChI is InChI=1S/C14H20BrN3O2/c1-3-18(4-2)9-8-16-13(19)14(20)17-12-7-5-6-11(15)10-12/h5-7,10H,3-4,8-9H2,1-2H3,(H,16,19)(H,17,20). The summed E-state index contributed by atoms with van der Waals surface area (Å²) in [4.78, 5) is 25.5. The zero-order valence-electron chi connectivity index (χ0n) is 11.8. The van der Waals surface area contributed by atoms with Crippen LogP contribution in [0.15, 0.2) is 28.7 Å². The zero-order valence-corrected chi connectivity index (χ0v) is 13.4. The molecule has 0 radical (unpaired) electrons. The van der Waals surface area contributed by atoms with Crippen LogP contribution < -0.4 is 10.6 Å². The van der Waals surface area contributed by atoms with Crippen molar-refractivity contribution in [1.29, 1.82) is 0 Å². The molecule has 1 aromatic carbocycles. The summed E-state index contributed by atoms with van der Waals surface area (Å²) in [7, 11) is 0. The molecule has 20 heavy (non-hydrogen) atoms. The zero-order chi connectivity index (χ0) is 15.0. The van der Waals surface area contributed by atoms with E-state index < -0.39 is 11.8 Å². The van der Waals surface area contributed by atoms with Crippen molar-refractivity contribution < 1.29 is 9.59 Å². The number of carbonyl (C=O) groups excluding carboxylic acids is 2. The largest absolute Gasteiger partial charge is 0.347 e. The Morgan fingerprint density at radius 1 is 1.20 bits per heavy atom. The summed E-state index contributed by atoms with van der Waals surface area (Å²) in [6, 6.07) is 7.10. The second kappa shape index (κ2) is 8.71. The normalized spacial score (nSPS) is 10.4. The summed E-state index contributed by atoms with van der Waals surface area (Å²) in [5, 5.41) is 5.17. The Labute approximate surface area is 127 Å². The Morgan fingerprint density at radius 2 is 1.90 bits per heavy atom. The summed E-state index contributed by atoms with van der Waals surface area (Å²) < 4.78 is 0.845. The number of hydrogen-bond donors (Lipinski definition) is 2. The smallest absolute Gasteiger partial charge is 0.313 e. The fourth-order valence-corrected chi connectivity index (χ4v) is 2.10. The highest BCUT2D eigenvalue weighted by Crippen LogP contribution is 2.15. The molecule has 0 fully saturated rings. The third-order valence-corrected chi connectivity index (χ3v) is 3.39. The topological polar surface area (TPSA) is 61.4 Å². The highest BCUT2D eigenvalue weighted by Gasteiger charge is 2.13. The van der Waals surface area contributed by atoms with Crippen LogP contribution in [0.3, 0.4) is 0 Å². The number of halogens is 1. The molecule has 0 heterocycles. The number of likely N-dealkylation sites (N-methyl/N-ethyl adjacent to an activating group) is 1. The van der Waals surface area contributed by atoms with Gasteiger partial charge in [0.1, 0.15) is 0 Å². The maximum atomic E-state index is 11.7. The van der Waals surface area contributed by atoms with Crippen molar-refractivity contribution in [1.82, 2.24) is 10.2 Å². The molecular weight excluding hydrogens is 322 g/mol. The predicted octanol–water partition coefficient (Wildman–Crippen LogP) is 1.85. The van der Waals surface area contributed by atoms with E-state index in [1.165, 1.54) is 0 Å². The van der Waals surface area contributed by atoms with Crippen molar-refractivity contribution in [3.63, 3.8) is 0 Å². The van der Waals surface area contributed by atoms with Crippen molar-refractivity contribution in [2.45, 2.75) is 13.8 Å². The number of hydrogen-bond acceptors (Lipinski definition) is 3. The average Bonchev–Trinajstić information content (AvgIpc) is 2.43. The van der Waals surface area contributed by atoms with Gasteiger partial charge in [-0.15, -0.1) is 0 Å². The van der Waals surface area contributed by atoms with E-state index in [0.29, 0.717) is 12.2 Å². The van der Waals surface area contributed by atoms with E-state index in [1.54, 1.807) is 18.2 Å². The fourth-order valence-electron chi connectivity index (χ4n) is 1.70. The van der Waals surface area contributed by atoms with Gasteiger partial charge in [0, 0.05) is 23.2 Å². The van der Waals surface area contributed by atoms with Gasteiger partial charge >= 0.3 is 11.8 Å². The highest BCUT2D eigenvalue weighted by molar-refractivity contribution is 9.10. The lowest BCUT2D eigenvalue weighted by Gasteiger charge is -2.17. The second-order valence-electron chi connectivity index (χ2n) is 4.25. The van der Waals surface area contributed by atoms with E-state index >= 15 is 0 Å². The molecule has 0 unspecified atom stereocenters. The van der Waals surface area contributed by atoms with E-state index in [1.807, 2.05) is 6.07 Å². The van der Waals surface area contributed by atoms with Crippen molar-refractivity contribution in [3.8, 4) is 0 Å². The summed E-state index contributed by atoms with van der Waals surface area (Å²) in [6.45, 7) is 7.18. The van der Waals surface area contributed by atoms with Gasteiger partial charge in [-0.05, 0) is 31.3 Å². The first-order valence-corrected chi connectivity index (χ1v) is 7.43. The summed E-state index contributed by atoms with van der Waals surface area (Å²) in [6.07, 6.45) is 0. The molecule has 1 aromatic rings. The maximum absolute atomic E-state index is 11.7. The molecule has 0 bridgehead atoms. The second-order valence-corrected chi connectivity index (χ2v) is 5.16. The Bertz CT molecular complexity index is 461. The first-order valence-electron chi connectivity index (χ1n) is 6.64. The number of rotatable bonds is 6. The van der Waals surface area contributed by atoms with Gasteiger partial charge in [0.15, 0.2) is 0 Å². The first kappa shape index (κ1) is 16.7. The van der Waals surface area contributed by atoms with E-state index in [4.69, 9.17) is 0 Å². The minimum atomic E-state index is -0.650. The molecule has 5 nitrogen and oxygen atoms in total. The van der Waals surface area contributed by atoms with Gasteiger partial charge in [0.25, 0.3) is 0 Å². The van der Waals surface area contributed by atoms with Gasteiger partial charge in [0.2, 0.25) is 0 Å². The fraction of sp³-hybridized carbons (Fsp3) is 0.429. The minimum absolute atomic E-state index is 0.465. The molecule has 0 aromatic heterocycles. The van der Waals surface area contributed by atoms with Crippen molar-refractivity contribution in [2.24, 2.45) is 0 Å². The molecule has 0 aliphatic heterocycles. The van der Waals surface area contributed by atoms with Crippen molar-refractivity contribution >= 4 is 33.4 Å². The van der Waals surface area contributed by atoms with Crippen LogP contribution in [0.1, 0.15) is 13.8 Å². The Morgan fingerprint density at radius 3 is 2.50 bits per heavy atom. The lowest BCUT2D eigenvalue weighted by atomic mass is 10.3. The Kier molecular flexibility index (Phi) is 7.25. The third-order valence-electron chi connectivity index (χ3n) is 2.90. The molecular formula is C14H20BrN3O2. The molecule has 110 valence electrons. The van der Waals surface area contributed by atoms with E-state index in [2.05, 4.69) is 45.3 Å². The van der Waals surface area contributed by atoms with Crippen LogP contribution >= 0.6 is 15.9 Å². The summed E-state index contributed by atoms with van der Waals surface area (Å²) in [5.74, 6) is -1.26. The molecule has 2 N–H and O–H groups in total. The Balaban J connectivity index is 2.38. The van der Waals surface area contributed by atoms with Crippen molar-refractivity contribution in [2.75, 3.05) is 31.5 Å². The molecule has 1 rings (SSSR count). The maximum Gasteiger partial charge on any atom is 0.313 e. The predicted molar refractivity (Wildman–Crippen MR) is 83.6 cm³/mol. The lowest BCUT2D eigenvalue weighted by molar-refractivity contribution is -0.136. The summed E-state index contributed by atoms with van der Waals surface area (Å²) in [5.41, 5.74) is 0.586. The summed E-state index contributed by atoms with van der Waals surface area (Å²) >= 11 is 3.31. The van der Waals surface area contributed by atoms with Crippen LogP contribution in [-0.2, 0) is 9.59 Å². The lowest BCUT2D eigenvalue weighted by Crippen LogP contribution is -2.40. The number of anilines is 1. The molecule has 0 saturated heterocycles. The highest BCUT2D eigenvalue weighted by atomic mass is 79.9. The van der Waals surface area contributed by atoms with Gasteiger partial charge in [-0.25, -0.2) is 0 Å². The quantitative estimate of drug-likeness (QED) is 0.776. The number of nitrogens with one attached hydrogen (secondary N) is 2. The van der Waals surface area contributed by atoms with Gasteiger partial charge in [-0.1, -0.05) is 35.8 Å². The molecule has 0 saturated carbocycles. The van der Waals surface area contributed by atoms with Crippen LogP contribution in [0.5, 0.6) is 0 Å². The van der Waals surface area contributed by atoms with Crippen LogP contribution in [-0.4, -0.2) is 42.9 Å². The molecule has 0 aliphatic carbocycles. The molecule has 0 atom stereocenters. The SMILES string of the molecule is CCN(CC)CCNC(=O)C(=O)Nc1cccc(Br)c1. The van der Waals surface area contributed by atoms with Crippen LogP contribution in [0.4, 0.5) is 5.69 Å². The molecule has 0 aliphatic rings.